The number of imidazole rings is 1. The van der Waals surface area contributed by atoms with E-state index in [0.29, 0.717) is 16.9 Å². The molecule has 1 amide bonds. The highest BCUT2D eigenvalue weighted by atomic mass is 16.4. The molecule has 174 valence electrons. The Morgan fingerprint density at radius 1 is 0.971 bits per heavy atom. The van der Waals surface area contributed by atoms with Gasteiger partial charge < -0.3 is 15.0 Å². The summed E-state index contributed by atoms with van der Waals surface area (Å²) in [5, 5.41) is 21.0. The van der Waals surface area contributed by atoms with Gasteiger partial charge in [-0.25, -0.2) is 4.98 Å². The number of amides is 1. The second kappa shape index (κ2) is 9.22. The van der Waals surface area contributed by atoms with Crippen molar-refractivity contribution in [2.45, 2.75) is 19.4 Å². The van der Waals surface area contributed by atoms with Crippen LogP contribution in [0.4, 0.5) is 5.69 Å². The van der Waals surface area contributed by atoms with Crippen LogP contribution in [-0.2, 0) is 4.79 Å². The summed E-state index contributed by atoms with van der Waals surface area (Å²) in [5.74, 6) is -1.28. The van der Waals surface area contributed by atoms with Crippen molar-refractivity contribution in [1.82, 2.24) is 24.5 Å². The fourth-order valence-electron chi connectivity index (χ4n) is 4.03. The molecule has 9 heteroatoms. The molecule has 0 bridgehead atoms. The van der Waals surface area contributed by atoms with Crippen molar-refractivity contribution in [1.29, 1.82) is 0 Å². The van der Waals surface area contributed by atoms with Gasteiger partial charge in [0.15, 0.2) is 5.69 Å². The summed E-state index contributed by atoms with van der Waals surface area (Å²) in [6.45, 7) is 1.73. The molecule has 5 rings (SSSR count). The quantitative estimate of drug-likeness (QED) is 0.371. The minimum Gasteiger partial charge on any atom is -0.481 e. The number of anilines is 1. The Kier molecular flexibility index (Phi) is 5.80. The summed E-state index contributed by atoms with van der Waals surface area (Å²) >= 11 is 0. The second-order valence-electron chi connectivity index (χ2n) is 8.09. The number of nitrogens with one attached hydrogen (secondary N) is 1. The maximum absolute atomic E-state index is 12.9. The lowest BCUT2D eigenvalue weighted by molar-refractivity contribution is -0.137. The van der Waals surface area contributed by atoms with Crippen molar-refractivity contribution < 1.29 is 14.7 Å². The molecular weight excluding hydrogens is 444 g/mol. The highest BCUT2D eigenvalue weighted by Crippen LogP contribution is 2.28. The van der Waals surface area contributed by atoms with Crippen molar-refractivity contribution in [2.24, 2.45) is 0 Å². The number of carbonyl (C=O) groups excluding carboxylic acids is 1. The Labute approximate surface area is 200 Å². The average molecular weight is 467 g/mol. The minimum atomic E-state index is -0.900. The molecule has 0 saturated carbocycles. The van der Waals surface area contributed by atoms with Crippen LogP contribution in [-0.4, -0.2) is 41.5 Å². The van der Waals surface area contributed by atoms with Crippen LogP contribution in [0.5, 0.6) is 0 Å². The molecule has 0 saturated heterocycles. The van der Waals surface area contributed by atoms with E-state index in [1.807, 2.05) is 71.3 Å². The van der Waals surface area contributed by atoms with Gasteiger partial charge in [-0.15, -0.1) is 5.10 Å². The number of para-hydroxylation sites is 1. The van der Waals surface area contributed by atoms with Gasteiger partial charge in [0.05, 0.1) is 41.2 Å². The molecule has 0 aliphatic heterocycles. The number of carboxylic acid groups (broad SMARTS) is 1. The highest BCUT2D eigenvalue weighted by molar-refractivity contribution is 6.04. The maximum atomic E-state index is 12.9. The molecule has 2 heterocycles. The van der Waals surface area contributed by atoms with Crippen LogP contribution in [0.1, 0.15) is 34.2 Å². The van der Waals surface area contributed by atoms with E-state index < -0.39 is 12.0 Å². The van der Waals surface area contributed by atoms with Crippen molar-refractivity contribution >= 4 is 28.6 Å². The molecule has 5 aromatic rings. The normalized spacial score (nSPS) is 11.9. The maximum Gasteiger partial charge on any atom is 0.305 e. The smallest absolute Gasteiger partial charge is 0.305 e. The standard InChI is InChI=1S/C26H22N6O3/c1-17-25(30-32(29-17)20-10-6-3-7-11-20)26(35)28-19-12-13-22-21(14-19)27-16-31(22)23(15-24(33)34)18-8-4-2-5-9-18/h2-14,16,23H,15H2,1H3,(H,28,35)(H,33,34). The zero-order valence-electron chi connectivity index (χ0n) is 18.9. The zero-order valence-corrected chi connectivity index (χ0v) is 18.9. The molecule has 0 spiro atoms. The Morgan fingerprint density at radius 3 is 2.40 bits per heavy atom. The van der Waals surface area contributed by atoms with Crippen LogP contribution in [0.3, 0.4) is 0 Å². The van der Waals surface area contributed by atoms with Gasteiger partial charge in [0, 0.05) is 5.69 Å². The predicted octanol–water partition coefficient (Wildman–Crippen LogP) is 4.24. The number of fused-ring (bicyclic) bond motifs is 1. The van der Waals surface area contributed by atoms with E-state index in [-0.39, 0.29) is 18.0 Å². The summed E-state index contributed by atoms with van der Waals surface area (Å²) in [7, 11) is 0. The molecule has 3 aromatic carbocycles. The molecule has 9 nitrogen and oxygen atoms in total. The fraction of sp³-hybridized carbons (Fsp3) is 0.115. The predicted molar refractivity (Wildman–Crippen MR) is 131 cm³/mol. The highest BCUT2D eigenvalue weighted by Gasteiger charge is 2.21. The lowest BCUT2D eigenvalue weighted by Crippen LogP contribution is -2.15. The third kappa shape index (κ3) is 4.51. The molecule has 2 aromatic heterocycles. The topological polar surface area (TPSA) is 115 Å². The first-order valence-corrected chi connectivity index (χ1v) is 11.0. The molecule has 1 atom stereocenters. The number of benzene rings is 3. The number of hydrogen-bond acceptors (Lipinski definition) is 5. The number of nitrogens with zero attached hydrogens (tertiary/aromatic N) is 5. The van der Waals surface area contributed by atoms with Crippen LogP contribution < -0.4 is 5.32 Å². The summed E-state index contributed by atoms with van der Waals surface area (Å²) in [6.07, 6.45) is 1.55. The van der Waals surface area contributed by atoms with Crippen molar-refractivity contribution in [2.75, 3.05) is 5.32 Å². The number of carbonyl (C=O) groups is 2. The van der Waals surface area contributed by atoms with Crippen molar-refractivity contribution in [3.8, 4) is 5.69 Å². The lowest BCUT2D eigenvalue weighted by Gasteiger charge is -2.18. The monoisotopic (exact) mass is 466 g/mol. The third-order valence-corrected chi connectivity index (χ3v) is 5.71. The second-order valence-corrected chi connectivity index (χ2v) is 8.09. The minimum absolute atomic E-state index is 0.0791. The molecule has 35 heavy (non-hydrogen) atoms. The van der Waals surface area contributed by atoms with Gasteiger partial charge in [0.25, 0.3) is 5.91 Å². The zero-order chi connectivity index (χ0) is 24.4. The SMILES string of the molecule is Cc1nn(-c2ccccc2)nc1C(=O)Nc1ccc2c(c1)ncn2C(CC(=O)O)c1ccccc1. The van der Waals surface area contributed by atoms with E-state index in [2.05, 4.69) is 20.5 Å². The molecule has 0 aliphatic rings. The Morgan fingerprint density at radius 2 is 1.69 bits per heavy atom. The number of rotatable bonds is 7. The van der Waals surface area contributed by atoms with Crippen LogP contribution in [0.2, 0.25) is 0 Å². The van der Waals surface area contributed by atoms with Crippen LogP contribution in [0.15, 0.2) is 85.2 Å². The Hall–Kier alpha value is -4.79. The van der Waals surface area contributed by atoms with E-state index in [1.165, 1.54) is 4.80 Å². The third-order valence-electron chi connectivity index (χ3n) is 5.71. The molecule has 2 N–H and O–H groups in total. The van der Waals surface area contributed by atoms with Gasteiger partial charge >= 0.3 is 5.97 Å². The number of carboxylic acids is 1. The van der Waals surface area contributed by atoms with Gasteiger partial charge in [-0.1, -0.05) is 48.5 Å². The number of aryl methyl sites for hydroxylation is 1. The van der Waals surface area contributed by atoms with Crippen LogP contribution in [0, 0.1) is 6.92 Å². The van der Waals surface area contributed by atoms with Gasteiger partial charge in [0.1, 0.15) is 0 Å². The Bertz CT molecular complexity index is 1510. The first-order valence-electron chi connectivity index (χ1n) is 11.0. The van der Waals surface area contributed by atoms with Gasteiger partial charge in [0.2, 0.25) is 0 Å². The number of aliphatic carboxylic acids is 1. The molecule has 0 radical (unpaired) electrons. The fourth-order valence-corrected chi connectivity index (χ4v) is 4.03. The summed E-state index contributed by atoms with van der Waals surface area (Å²) < 4.78 is 1.85. The molecule has 0 fully saturated rings. The van der Waals surface area contributed by atoms with E-state index in [0.717, 1.165) is 16.8 Å². The average Bonchev–Trinajstić information content (AvgIpc) is 3.47. The van der Waals surface area contributed by atoms with Crippen LogP contribution >= 0.6 is 0 Å². The van der Waals surface area contributed by atoms with Gasteiger partial charge in [-0.05, 0) is 42.8 Å². The number of aromatic nitrogens is 5. The molecule has 1 unspecified atom stereocenters. The van der Waals surface area contributed by atoms with Crippen molar-refractivity contribution in [3.63, 3.8) is 0 Å². The Balaban J connectivity index is 1.41. The van der Waals surface area contributed by atoms with Gasteiger partial charge in [-0.3, -0.25) is 9.59 Å². The summed E-state index contributed by atoms with van der Waals surface area (Å²) in [4.78, 5) is 30.4. The van der Waals surface area contributed by atoms with E-state index in [1.54, 1.807) is 25.4 Å². The molecular formula is C26H22N6O3. The summed E-state index contributed by atoms with van der Waals surface area (Å²) in [5.41, 5.74) is 4.33. The number of hydrogen-bond donors (Lipinski definition) is 2. The molecule has 0 aliphatic carbocycles. The van der Waals surface area contributed by atoms with Crippen molar-refractivity contribution in [3.05, 3.63) is 102 Å². The first kappa shape index (κ1) is 22.0. The lowest BCUT2D eigenvalue weighted by atomic mass is 10.0. The summed E-state index contributed by atoms with van der Waals surface area (Å²) in [6, 6.07) is 23.8. The van der Waals surface area contributed by atoms with E-state index in [4.69, 9.17) is 0 Å². The van der Waals surface area contributed by atoms with Gasteiger partial charge in [-0.2, -0.15) is 9.90 Å². The van der Waals surface area contributed by atoms with Crippen LogP contribution in [0.25, 0.3) is 16.7 Å². The van der Waals surface area contributed by atoms with E-state index in [9.17, 15) is 14.7 Å². The first-order chi connectivity index (χ1) is 17.0. The van der Waals surface area contributed by atoms with E-state index >= 15 is 0 Å². The largest absolute Gasteiger partial charge is 0.481 e.